The summed E-state index contributed by atoms with van der Waals surface area (Å²) in [6.07, 6.45) is 0.323. The highest BCUT2D eigenvalue weighted by Crippen LogP contribution is 2.40. The fourth-order valence-electron chi connectivity index (χ4n) is 2.19. The Hall–Kier alpha value is -2.08. The van der Waals surface area contributed by atoms with Crippen LogP contribution in [0.15, 0.2) is 24.3 Å². The van der Waals surface area contributed by atoms with Gasteiger partial charge < -0.3 is 14.2 Å². The van der Waals surface area contributed by atoms with Crippen LogP contribution in [0, 0.1) is 11.3 Å². The Morgan fingerprint density at radius 1 is 1.25 bits per heavy atom. The summed E-state index contributed by atoms with van der Waals surface area (Å²) in [6.45, 7) is 9.58. The molecule has 0 radical (unpaired) electrons. The molecule has 0 saturated heterocycles. The second kappa shape index (κ2) is 14.0. The first-order valence-electron chi connectivity index (χ1n) is 8.64. The number of hydrogen-bond donors (Lipinski definition) is 3. The van der Waals surface area contributed by atoms with E-state index in [0.717, 1.165) is 0 Å². The molecule has 0 aliphatic carbocycles. The zero-order chi connectivity index (χ0) is 21.7. The van der Waals surface area contributed by atoms with Crippen LogP contribution in [0.3, 0.4) is 0 Å². The molecule has 0 bridgehead atoms. The Morgan fingerprint density at radius 2 is 1.82 bits per heavy atom. The number of nitrogens with zero attached hydrogens (tertiary/aromatic N) is 2. The average Bonchev–Trinajstić information content (AvgIpc) is 2.61. The molecule has 10 heteroatoms. The molecule has 0 spiro atoms. The standard InChI is InChI=1S/C9H19N2O2P.C9H9NO4/c1-8(2)11(9(3)4)14(12)13-7-5-6-10;1-6(11)14-8-5-3-2-4-7(8)9(12)10-13/h8-9,12H,5,7H2,1-4H3;2-5,13H,1H3,(H,10,12). The number of nitriles is 1. The third-order valence-electron chi connectivity index (χ3n) is 3.16. The topological polar surface area (TPSA) is 132 Å². The van der Waals surface area contributed by atoms with Gasteiger partial charge in [-0.1, -0.05) is 12.1 Å². The first kappa shape index (κ1) is 25.9. The molecular weight excluding hydrogens is 385 g/mol. The van der Waals surface area contributed by atoms with Gasteiger partial charge in [0.05, 0.1) is 24.7 Å². The Bertz CT molecular complexity index is 655. The van der Waals surface area contributed by atoms with Gasteiger partial charge in [-0.15, -0.1) is 0 Å². The van der Waals surface area contributed by atoms with Crippen molar-refractivity contribution in [2.45, 2.75) is 53.1 Å². The van der Waals surface area contributed by atoms with Crippen molar-refractivity contribution in [1.29, 1.82) is 5.26 Å². The van der Waals surface area contributed by atoms with Crippen molar-refractivity contribution in [3.8, 4) is 11.8 Å². The molecule has 0 aliphatic rings. The van der Waals surface area contributed by atoms with E-state index in [1.165, 1.54) is 24.5 Å². The Morgan fingerprint density at radius 3 is 2.29 bits per heavy atom. The van der Waals surface area contributed by atoms with Crippen molar-refractivity contribution in [2.75, 3.05) is 6.61 Å². The van der Waals surface area contributed by atoms with Crippen LogP contribution >= 0.6 is 8.53 Å². The number of benzene rings is 1. The lowest BCUT2D eigenvalue weighted by Gasteiger charge is -2.32. The molecule has 1 aromatic carbocycles. The number of carbonyl (C=O) groups excluding carboxylic acids is 2. The van der Waals surface area contributed by atoms with Crippen LogP contribution in [-0.2, 0) is 9.32 Å². The van der Waals surface area contributed by atoms with Crippen molar-refractivity contribution in [3.05, 3.63) is 29.8 Å². The van der Waals surface area contributed by atoms with Crippen molar-refractivity contribution in [2.24, 2.45) is 0 Å². The van der Waals surface area contributed by atoms with E-state index in [-0.39, 0.29) is 23.4 Å². The van der Waals surface area contributed by atoms with Crippen LogP contribution in [0.1, 0.15) is 51.4 Å². The molecule has 3 N–H and O–H groups in total. The van der Waals surface area contributed by atoms with E-state index in [1.54, 1.807) is 12.1 Å². The van der Waals surface area contributed by atoms with E-state index in [1.807, 2.05) is 38.4 Å². The molecule has 0 fully saturated rings. The van der Waals surface area contributed by atoms with Crippen LogP contribution in [0.2, 0.25) is 0 Å². The number of para-hydroxylation sites is 1. The Balaban J connectivity index is 0.000000521. The minimum atomic E-state index is -1.55. The number of ether oxygens (including phenoxy) is 1. The maximum absolute atomic E-state index is 11.1. The van der Waals surface area contributed by atoms with E-state index >= 15 is 0 Å². The molecule has 0 aromatic heterocycles. The number of nitrogens with one attached hydrogen (secondary N) is 1. The second-order valence-electron chi connectivity index (χ2n) is 6.09. The van der Waals surface area contributed by atoms with Crippen molar-refractivity contribution >= 4 is 20.4 Å². The van der Waals surface area contributed by atoms with Crippen molar-refractivity contribution in [3.63, 3.8) is 0 Å². The molecule has 1 aromatic rings. The van der Waals surface area contributed by atoms with Crippen LogP contribution in [0.25, 0.3) is 0 Å². The quantitative estimate of drug-likeness (QED) is 0.148. The Labute approximate surface area is 166 Å². The lowest BCUT2D eigenvalue weighted by molar-refractivity contribution is -0.131. The second-order valence-corrected chi connectivity index (χ2v) is 7.32. The Kier molecular flexibility index (Phi) is 13.0. The molecule has 1 atom stereocenters. The van der Waals surface area contributed by atoms with Gasteiger partial charge in [0.15, 0.2) is 0 Å². The van der Waals surface area contributed by atoms with Gasteiger partial charge in [0, 0.05) is 19.0 Å². The summed E-state index contributed by atoms with van der Waals surface area (Å²) in [6, 6.07) is 8.57. The zero-order valence-corrected chi connectivity index (χ0v) is 17.6. The monoisotopic (exact) mass is 413 g/mol. The predicted octanol–water partition coefficient (Wildman–Crippen LogP) is 2.99. The molecule has 1 rings (SSSR count). The smallest absolute Gasteiger partial charge is 0.308 e. The predicted molar refractivity (Wildman–Crippen MR) is 104 cm³/mol. The molecular formula is C18H28N3O6P. The van der Waals surface area contributed by atoms with E-state index in [0.29, 0.717) is 13.0 Å². The zero-order valence-electron chi connectivity index (χ0n) is 16.7. The van der Waals surface area contributed by atoms with Gasteiger partial charge in [-0.2, -0.15) is 5.26 Å². The summed E-state index contributed by atoms with van der Waals surface area (Å²) < 4.78 is 11.9. The van der Waals surface area contributed by atoms with Gasteiger partial charge in [0.2, 0.25) is 0 Å². The van der Waals surface area contributed by atoms with Gasteiger partial charge in [-0.25, -0.2) is 10.2 Å². The minimum Gasteiger partial charge on any atom is -0.426 e. The summed E-state index contributed by atoms with van der Waals surface area (Å²) in [5.74, 6) is -1.13. The number of carbonyl (C=O) groups is 2. The number of hydrogen-bond acceptors (Lipinski definition) is 8. The van der Waals surface area contributed by atoms with Crippen LogP contribution < -0.4 is 10.2 Å². The number of hydroxylamine groups is 1. The average molecular weight is 413 g/mol. The van der Waals surface area contributed by atoms with Crippen LogP contribution in [0.4, 0.5) is 0 Å². The van der Waals surface area contributed by atoms with Gasteiger partial charge >= 0.3 is 5.97 Å². The highest BCUT2D eigenvalue weighted by Gasteiger charge is 2.23. The minimum absolute atomic E-state index is 0.102. The lowest BCUT2D eigenvalue weighted by atomic mass is 10.2. The molecule has 28 heavy (non-hydrogen) atoms. The molecule has 1 amide bonds. The number of rotatable bonds is 8. The van der Waals surface area contributed by atoms with E-state index in [9.17, 15) is 14.5 Å². The molecule has 9 nitrogen and oxygen atoms in total. The first-order chi connectivity index (χ1) is 13.1. The highest BCUT2D eigenvalue weighted by molar-refractivity contribution is 7.43. The van der Waals surface area contributed by atoms with Crippen molar-refractivity contribution in [1.82, 2.24) is 10.2 Å². The fraction of sp³-hybridized carbons (Fsp3) is 0.500. The third-order valence-corrected chi connectivity index (χ3v) is 4.90. The molecule has 1 unspecified atom stereocenters. The van der Waals surface area contributed by atoms with Crippen LogP contribution in [-0.4, -0.2) is 45.3 Å². The lowest BCUT2D eigenvalue weighted by Crippen LogP contribution is -2.32. The van der Waals surface area contributed by atoms with Gasteiger partial charge in [-0.3, -0.25) is 14.8 Å². The highest BCUT2D eigenvalue weighted by atomic mass is 31.2. The number of esters is 1. The molecule has 156 valence electrons. The molecule has 0 heterocycles. The summed E-state index contributed by atoms with van der Waals surface area (Å²) in [4.78, 5) is 31.5. The van der Waals surface area contributed by atoms with E-state index in [4.69, 9.17) is 19.7 Å². The maximum Gasteiger partial charge on any atom is 0.308 e. The molecule has 0 saturated carbocycles. The summed E-state index contributed by atoms with van der Waals surface area (Å²) >= 11 is 0. The van der Waals surface area contributed by atoms with E-state index in [2.05, 4.69) is 0 Å². The maximum atomic E-state index is 11.1. The SMILES string of the molecule is CC(=O)Oc1ccccc1C(=O)NO.CC(C)N(C(C)C)P(O)OCCC#N. The third kappa shape index (κ3) is 9.74. The van der Waals surface area contributed by atoms with Crippen molar-refractivity contribution < 1.29 is 29.0 Å². The summed E-state index contributed by atoms with van der Waals surface area (Å²) in [5, 5.41) is 16.7. The van der Waals surface area contributed by atoms with Crippen LogP contribution in [0.5, 0.6) is 5.75 Å². The summed E-state index contributed by atoms with van der Waals surface area (Å²) in [5.41, 5.74) is 1.57. The van der Waals surface area contributed by atoms with Gasteiger partial charge in [0.25, 0.3) is 14.4 Å². The van der Waals surface area contributed by atoms with Gasteiger partial charge in [-0.05, 0) is 39.8 Å². The fourth-order valence-corrected chi connectivity index (χ4v) is 3.37. The number of amides is 1. The first-order valence-corrected chi connectivity index (χ1v) is 9.81. The largest absolute Gasteiger partial charge is 0.426 e. The summed E-state index contributed by atoms with van der Waals surface area (Å²) in [7, 11) is -1.55. The normalized spacial score (nSPS) is 11.5. The molecule has 0 aliphatic heterocycles. The van der Waals surface area contributed by atoms with E-state index < -0.39 is 20.4 Å². The van der Waals surface area contributed by atoms with Gasteiger partial charge in [0.1, 0.15) is 5.75 Å².